The van der Waals surface area contributed by atoms with E-state index >= 15 is 0 Å². The molecule has 0 unspecified atom stereocenters. The molecule has 0 spiro atoms. The number of amides is 3. The van der Waals surface area contributed by atoms with E-state index in [2.05, 4.69) is 10.3 Å². The van der Waals surface area contributed by atoms with Crippen molar-refractivity contribution in [1.29, 1.82) is 0 Å². The van der Waals surface area contributed by atoms with Crippen LogP contribution in [0, 0.1) is 0 Å². The lowest BCUT2D eigenvalue weighted by Crippen LogP contribution is -2.43. The summed E-state index contributed by atoms with van der Waals surface area (Å²) in [7, 11) is 1.62. The number of nitrogens with two attached hydrogens (primary N) is 3. The van der Waals surface area contributed by atoms with Crippen molar-refractivity contribution in [2.75, 3.05) is 31.2 Å². The van der Waals surface area contributed by atoms with Gasteiger partial charge in [0.05, 0.1) is 0 Å². The molecular formula is C9H14N6O3S. The van der Waals surface area contributed by atoms with Crippen molar-refractivity contribution < 1.29 is 14.4 Å². The van der Waals surface area contributed by atoms with Crippen LogP contribution in [0.2, 0.25) is 0 Å². The first-order chi connectivity index (χ1) is 8.85. The average Bonchev–Trinajstić information content (AvgIpc) is 2.67. The standard InChI is InChI=1S/C9H14N6O3S/c1-13-9-14-7(12)6(19-9)8(18)15(2-4(10)16)3-5(11)17/h2-3,12H2,1H3,(H2,10,16)(H2,11,17)(H,13,14). The number of primary amides is 2. The highest BCUT2D eigenvalue weighted by molar-refractivity contribution is 7.18. The van der Waals surface area contributed by atoms with Gasteiger partial charge in [-0.2, -0.15) is 0 Å². The van der Waals surface area contributed by atoms with Crippen molar-refractivity contribution >= 4 is 40.0 Å². The molecule has 0 aromatic carbocycles. The Morgan fingerprint density at radius 1 is 1.26 bits per heavy atom. The van der Waals surface area contributed by atoms with Crippen LogP contribution >= 0.6 is 11.3 Å². The molecule has 0 bridgehead atoms. The number of hydrogen-bond acceptors (Lipinski definition) is 7. The Morgan fingerprint density at radius 3 is 2.16 bits per heavy atom. The molecule has 1 aromatic heterocycles. The van der Waals surface area contributed by atoms with E-state index < -0.39 is 30.8 Å². The molecule has 0 aliphatic rings. The number of aromatic nitrogens is 1. The van der Waals surface area contributed by atoms with E-state index in [1.54, 1.807) is 7.05 Å². The van der Waals surface area contributed by atoms with E-state index in [4.69, 9.17) is 17.2 Å². The largest absolute Gasteiger partial charge is 0.382 e. The normalized spacial score (nSPS) is 9.95. The molecule has 0 aliphatic heterocycles. The van der Waals surface area contributed by atoms with Gasteiger partial charge in [-0.05, 0) is 0 Å². The number of nitrogens with zero attached hydrogens (tertiary/aromatic N) is 2. The van der Waals surface area contributed by atoms with Gasteiger partial charge in [0.25, 0.3) is 5.91 Å². The lowest BCUT2D eigenvalue weighted by atomic mass is 10.3. The molecule has 0 saturated heterocycles. The zero-order chi connectivity index (χ0) is 14.6. The molecule has 0 atom stereocenters. The lowest BCUT2D eigenvalue weighted by molar-refractivity contribution is -0.121. The maximum Gasteiger partial charge on any atom is 0.268 e. The van der Waals surface area contributed by atoms with Gasteiger partial charge >= 0.3 is 0 Å². The topological polar surface area (TPSA) is 157 Å². The molecule has 1 heterocycles. The second-order valence-corrected chi connectivity index (χ2v) is 4.58. The van der Waals surface area contributed by atoms with E-state index in [0.29, 0.717) is 5.13 Å². The minimum absolute atomic E-state index is 0.0123. The Hall–Kier alpha value is -2.36. The number of carbonyl (C=O) groups excluding carboxylic acids is 3. The second kappa shape index (κ2) is 6.00. The third kappa shape index (κ3) is 3.81. The Bertz CT molecular complexity index is 498. The molecule has 10 heteroatoms. The fourth-order valence-corrected chi connectivity index (χ4v) is 2.12. The third-order valence-corrected chi connectivity index (χ3v) is 3.12. The van der Waals surface area contributed by atoms with Gasteiger partial charge in [0.15, 0.2) is 5.13 Å². The molecule has 0 aliphatic carbocycles. The molecule has 0 saturated carbocycles. The molecule has 0 radical (unpaired) electrons. The second-order valence-electron chi connectivity index (χ2n) is 3.58. The highest BCUT2D eigenvalue weighted by atomic mass is 32.1. The lowest BCUT2D eigenvalue weighted by Gasteiger charge is -2.18. The summed E-state index contributed by atoms with van der Waals surface area (Å²) in [4.78, 5) is 38.9. The van der Waals surface area contributed by atoms with E-state index in [9.17, 15) is 14.4 Å². The molecule has 3 amide bonds. The zero-order valence-electron chi connectivity index (χ0n) is 10.2. The van der Waals surface area contributed by atoms with Crippen LogP contribution in [0.4, 0.5) is 10.9 Å². The molecule has 9 nitrogen and oxygen atoms in total. The van der Waals surface area contributed by atoms with Crippen LogP contribution in [0.15, 0.2) is 0 Å². The summed E-state index contributed by atoms with van der Waals surface area (Å²) in [6, 6.07) is 0. The van der Waals surface area contributed by atoms with Gasteiger partial charge in [-0.25, -0.2) is 4.98 Å². The summed E-state index contributed by atoms with van der Waals surface area (Å²) in [5, 5.41) is 3.18. The fraction of sp³-hybridized carbons (Fsp3) is 0.333. The SMILES string of the molecule is CNc1nc(N)c(C(=O)N(CC(N)=O)CC(N)=O)s1. The first-order valence-corrected chi connectivity index (χ1v) is 5.96. The van der Waals surface area contributed by atoms with Crippen LogP contribution < -0.4 is 22.5 Å². The van der Waals surface area contributed by atoms with Crippen molar-refractivity contribution in [2.45, 2.75) is 0 Å². The molecule has 1 aromatic rings. The van der Waals surface area contributed by atoms with Gasteiger partial charge in [0.1, 0.15) is 23.8 Å². The zero-order valence-corrected chi connectivity index (χ0v) is 11.0. The van der Waals surface area contributed by atoms with Gasteiger partial charge < -0.3 is 27.4 Å². The highest BCUT2D eigenvalue weighted by Crippen LogP contribution is 2.25. The molecule has 7 N–H and O–H groups in total. The van der Waals surface area contributed by atoms with E-state index in [0.717, 1.165) is 16.2 Å². The van der Waals surface area contributed by atoms with Gasteiger partial charge in [-0.3, -0.25) is 14.4 Å². The Morgan fingerprint density at radius 2 is 1.79 bits per heavy atom. The number of hydrogen-bond donors (Lipinski definition) is 4. The number of nitrogens with one attached hydrogen (secondary N) is 1. The monoisotopic (exact) mass is 286 g/mol. The molecule has 19 heavy (non-hydrogen) atoms. The van der Waals surface area contributed by atoms with Crippen molar-refractivity contribution in [3.05, 3.63) is 4.88 Å². The molecule has 0 fully saturated rings. The summed E-state index contributed by atoms with van der Waals surface area (Å²) in [6.45, 7) is -0.845. The Balaban J connectivity index is 3.00. The Kier molecular flexibility index (Phi) is 4.64. The predicted octanol–water partition coefficient (Wildman–Crippen LogP) is -1.82. The summed E-state index contributed by atoms with van der Waals surface area (Å²) in [5.41, 5.74) is 15.6. The van der Waals surface area contributed by atoms with Crippen LogP contribution in [-0.2, 0) is 9.59 Å². The molecular weight excluding hydrogens is 272 g/mol. The number of carbonyl (C=O) groups is 3. The van der Waals surface area contributed by atoms with Crippen LogP contribution in [0.25, 0.3) is 0 Å². The molecule has 1 rings (SSSR count). The first kappa shape index (κ1) is 14.7. The first-order valence-electron chi connectivity index (χ1n) is 5.15. The maximum atomic E-state index is 12.1. The van der Waals surface area contributed by atoms with E-state index in [1.165, 1.54) is 0 Å². The van der Waals surface area contributed by atoms with Gasteiger partial charge in [0, 0.05) is 7.05 Å². The minimum Gasteiger partial charge on any atom is -0.382 e. The van der Waals surface area contributed by atoms with Crippen molar-refractivity contribution in [3.63, 3.8) is 0 Å². The quantitative estimate of drug-likeness (QED) is 0.482. The average molecular weight is 286 g/mol. The highest BCUT2D eigenvalue weighted by Gasteiger charge is 2.24. The third-order valence-electron chi connectivity index (χ3n) is 2.04. The number of thiazole rings is 1. The summed E-state index contributed by atoms with van der Waals surface area (Å²) >= 11 is 1.01. The number of anilines is 2. The van der Waals surface area contributed by atoms with Gasteiger partial charge in [-0.15, -0.1) is 0 Å². The van der Waals surface area contributed by atoms with Crippen molar-refractivity contribution in [2.24, 2.45) is 11.5 Å². The molecule has 104 valence electrons. The van der Waals surface area contributed by atoms with Gasteiger partial charge in [0.2, 0.25) is 11.8 Å². The van der Waals surface area contributed by atoms with E-state index in [-0.39, 0.29) is 10.7 Å². The van der Waals surface area contributed by atoms with Crippen molar-refractivity contribution in [3.8, 4) is 0 Å². The van der Waals surface area contributed by atoms with Crippen LogP contribution in [0.5, 0.6) is 0 Å². The summed E-state index contributed by atoms with van der Waals surface area (Å²) < 4.78 is 0. The van der Waals surface area contributed by atoms with E-state index in [1.807, 2.05) is 0 Å². The van der Waals surface area contributed by atoms with Crippen LogP contribution in [-0.4, -0.2) is 47.7 Å². The predicted molar refractivity (Wildman–Crippen MR) is 70.4 cm³/mol. The number of rotatable bonds is 6. The summed E-state index contributed by atoms with van der Waals surface area (Å²) in [5.74, 6) is -2.12. The van der Waals surface area contributed by atoms with Crippen LogP contribution in [0.1, 0.15) is 9.67 Å². The maximum absolute atomic E-state index is 12.1. The van der Waals surface area contributed by atoms with Crippen molar-refractivity contribution in [1.82, 2.24) is 9.88 Å². The number of nitrogen functional groups attached to an aromatic ring is 1. The Labute approximate surface area is 112 Å². The van der Waals surface area contributed by atoms with Gasteiger partial charge in [-0.1, -0.05) is 11.3 Å². The summed E-state index contributed by atoms with van der Waals surface area (Å²) in [6.07, 6.45) is 0. The minimum atomic E-state index is -0.758. The fourth-order valence-electron chi connectivity index (χ4n) is 1.31. The smallest absolute Gasteiger partial charge is 0.268 e. The van der Waals surface area contributed by atoms with Crippen LogP contribution in [0.3, 0.4) is 0 Å².